The van der Waals surface area contributed by atoms with E-state index in [-0.39, 0.29) is 31.5 Å². The summed E-state index contributed by atoms with van der Waals surface area (Å²) >= 11 is 0. The molecule has 0 heterocycles. The van der Waals surface area contributed by atoms with Crippen LogP contribution in [0.25, 0.3) is 0 Å². The van der Waals surface area contributed by atoms with Gasteiger partial charge in [-0.1, -0.05) is 0 Å². The molecule has 1 aliphatic rings. The van der Waals surface area contributed by atoms with Gasteiger partial charge in [-0.2, -0.15) is 5.26 Å². The van der Waals surface area contributed by atoms with Crippen molar-refractivity contribution in [2.24, 2.45) is 0 Å². The zero-order valence-corrected chi connectivity index (χ0v) is 10.0. The van der Waals surface area contributed by atoms with Gasteiger partial charge in [0.1, 0.15) is 0 Å². The van der Waals surface area contributed by atoms with Crippen LogP contribution in [0.2, 0.25) is 0 Å². The number of carbonyl (C=O) groups excluding carboxylic acids is 1. The molecule has 100 valence electrons. The second kappa shape index (κ2) is 6.81. The van der Waals surface area contributed by atoms with Crippen LogP contribution in [0, 0.1) is 11.3 Å². The second-order valence-electron chi connectivity index (χ2n) is 4.21. The molecular formula is C11H17N3O4. The third kappa shape index (κ3) is 4.59. The molecule has 7 heteroatoms. The number of hydrogen-bond acceptors (Lipinski definition) is 4. The predicted octanol–water partition coefficient (Wildman–Crippen LogP) is -0.0903. The quantitative estimate of drug-likeness (QED) is 0.588. The minimum absolute atomic E-state index is 0.0299. The average Bonchev–Trinajstić information content (AvgIpc) is 3.13. The van der Waals surface area contributed by atoms with E-state index in [9.17, 15) is 9.59 Å². The lowest BCUT2D eigenvalue weighted by atomic mass is 10.2. The molecular weight excluding hydrogens is 238 g/mol. The van der Waals surface area contributed by atoms with Crippen LogP contribution >= 0.6 is 0 Å². The van der Waals surface area contributed by atoms with Gasteiger partial charge >= 0.3 is 12.0 Å². The second-order valence-corrected chi connectivity index (χ2v) is 4.21. The van der Waals surface area contributed by atoms with Crippen LogP contribution in [0.3, 0.4) is 0 Å². The summed E-state index contributed by atoms with van der Waals surface area (Å²) in [7, 11) is 0. The summed E-state index contributed by atoms with van der Waals surface area (Å²) in [6.07, 6.45) is 0.672. The van der Waals surface area contributed by atoms with Gasteiger partial charge in [-0.3, -0.25) is 0 Å². The van der Waals surface area contributed by atoms with Crippen molar-refractivity contribution >= 4 is 12.0 Å². The van der Waals surface area contributed by atoms with E-state index in [1.54, 1.807) is 4.90 Å². The SMILES string of the molecule is N#CCCN(C(=O)NCCC(O)C(=O)O)C1CC1. The fourth-order valence-electron chi connectivity index (χ4n) is 1.55. The van der Waals surface area contributed by atoms with Gasteiger partial charge in [-0.25, -0.2) is 9.59 Å². The molecule has 2 amide bonds. The van der Waals surface area contributed by atoms with Crippen LogP contribution in [0.4, 0.5) is 4.79 Å². The highest BCUT2D eigenvalue weighted by atomic mass is 16.4. The minimum atomic E-state index is -1.46. The van der Waals surface area contributed by atoms with Crippen molar-refractivity contribution < 1.29 is 19.8 Å². The van der Waals surface area contributed by atoms with Gasteiger partial charge in [-0.15, -0.1) is 0 Å². The van der Waals surface area contributed by atoms with Crippen LogP contribution in [-0.4, -0.2) is 52.3 Å². The molecule has 0 aromatic rings. The number of amides is 2. The van der Waals surface area contributed by atoms with E-state index >= 15 is 0 Å². The van der Waals surface area contributed by atoms with Crippen LogP contribution in [-0.2, 0) is 4.79 Å². The highest BCUT2D eigenvalue weighted by molar-refractivity contribution is 5.75. The molecule has 0 spiro atoms. The molecule has 1 unspecified atom stereocenters. The number of rotatable bonds is 7. The molecule has 0 aliphatic heterocycles. The molecule has 1 atom stereocenters. The Kier molecular flexibility index (Phi) is 5.39. The predicted molar refractivity (Wildman–Crippen MR) is 61.6 cm³/mol. The normalized spacial score (nSPS) is 15.6. The Bertz CT molecular complexity index is 349. The maximum Gasteiger partial charge on any atom is 0.332 e. The third-order valence-electron chi connectivity index (χ3n) is 2.69. The first-order valence-electron chi connectivity index (χ1n) is 5.88. The summed E-state index contributed by atoms with van der Waals surface area (Å²) in [4.78, 5) is 23.7. The van der Waals surface area contributed by atoms with Gasteiger partial charge in [0, 0.05) is 25.6 Å². The standard InChI is InChI=1S/C11H17N3O4/c12-5-1-7-14(8-2-3-8)11(18)13-6-4-9(15)10(16)17/h8-9,15H,1-4,6-7H2,(H,13,18)(H,16,17). The number of urea groups is 1. The minimum Gasteiger partial charge on any atom is -0.479 e. The molecule has 7 nitrogen and oxygen atoms in total. The maximum atomic E-state index is 11.8. The fraction of sp³-hybridized carbons (Fsp3) is 0.727. The molecule has 0 radical (unpaired) electrons. The summed E-state index contributed by atoms with van der Waals surface area (Å²) in [5.41, 5.74) is 0. The Labute approximate surface area is 105 Å². The summed E-state index contributed by atoms with van der Waals surface area (Å²) < 4.78 is 0. The third-order valence-corrected chi connectivity index (χ3v) is 2.69. The Morgan fingerprint density at radius 2 is 2.17 bits per heavy atom. The number of aliphatic hydroxyl groups is 1. The fourth-order valence-corrected chi connectivity index (χ4v) is 1.55. The summed E-state index contributed by atoms with van der Waals surface area (Å²) in [5.74, 6) is -1.30. The highest BCUT2D eigenvalue weighted by Gasteiger charge is 2.32. The van der Waals surface area contributed by atoms with Gasteiger partial charge in [0.2, 0.25) is 0 Å². The van der Waals surface area contributed by atoms with Crippen LogP contribution in [0.1, 0.15) is 25.7 Å². The number of aliphatic hydroxyl groups excluding tert-OH is 1. The van der Waals surface area contributed by atoms with Crippen LogP contribution < -0.4 is 5.32 Å². The van der Waals surface area contributed by atoms with Crippen molar-refractivity contribution in [1.29, 1.82) is 5.26 Å². The van der Waals surface area contributed by atoms with E-state index < -0.39 is 12.1 Å². The molecule has 0 aromatic heterocycles. The van der Waals surface area contributed by atoms with E-state index in [0.717, 1.165) is 12.8 Å². The molecule has 0 bridgehead atoms. The number of nitriles is 1. The zero-order chi connectivity index (χ0) is 13.5. The molecule has 1 saturated carbocycles. The average molecular weight is 255 g/mol. The van der Waals surface area contributed by atoms with E-state index in [2.05, 4.69) is 5.32 Å². The van der Waals surface area contributed by atoms with Gasteiger partial charge in [0.05, 0.1) is 12.5 Å². The van der Waals surface area contributed by atoms with E-state index in [0.29, 0.717) is 6.54 Å². The molecule has 18 heavy (non-hydrogen) atoms. The Morgan fingerprint density at radius 3 is 2.67 bits per heavy atom. The molecule has 1 rings (SSSR count). The number of nitrogens with zero attached hydrogens (tertiary/aromatic N) is 2. The van der Waals surface area contributed by atoms with Gasteiger partial charge in [0.15, 0.2) is 6.10 Å². The number of carbonyl (C=O) groups is 2. The first kappa shape index (κ1) is 14.3. The summed E-state index contributed by atoms with van der Waals surface area (Å²) in [6, 6.07) is 1.88. The van der Waals surface area contributed by atoms with Gasteiger partial charge in [0.25, 0.3) is 0 Å². The largest absolute Gasteiger partial charge is 0.479 e. The van der Waals surface area contributed by atoms with Crippen LogP contribution in [0.5, 0.6) is 0 Å². The Morgan fingerprint density at radius 1 is 1.50 bits per heavy atom. The first-order valence-corrected chi connectivity index (χ1v) is 5.88. The van der Waals surface area contributed by atoms with E-state index in [1.807, 2.05) is 6.07 Å². The molecule has 0 saturated heterocycles. The van der Waals surface area contributed by atoms with Crippen molar-refractivity contribution in [2.45, 2.75) is 37.8 Å². The number of nitrogens with one attached hydrogen (secondary N) is 1. The molecule has 0 aromatic carbocycles. The van der Waals surface area contributed by atoms with E-state index in [1.165, 1.54) is 0 Å². The smallest absolute Gasteiger partial charge is 0.332 e. The van der Waals surface area contributed by atoms with E-state index in [4.69, 9.17) is 15.5 Å². The Hall–Kier alpha value is -1.81. The van der Waals surface area contributed by atoms with Crippen molar-refractivity contribution in [3.8, 4) is 6.07 Å². The summed E-state index contributed by atoms with van der Waals surface area (Å²) in [6.45, 7) is 0.483. The zero-order valence-electron chi connectivity index (χ0n) is 10.0. The van der Waals surface area contributed by atoms with Crippen molar-refractivity contribution in [2.75, 3.05) is 13.1 Å². The summed E-state index contributed by atoms with van der Waals surface area (Å²) in [5, 5.41) is 28.6. The van der Waals surface area contributed by atoms with Crippen molar-refractivity contribution in [1.82, 2.24) is 10.2 Å². The number of hydrogen-bond donors (Lipinski definition) is 3. The van der Waals surface area contributed by atoms with Gasteiger partial charge < -0.3 is 20.4 Å². The number of carboxylic acids is 1. The lowest BCUT2D eigenvalue weighted by molar-refractivity contribution is -0.146. The number of aliphatic carboxylic acids is 1. The van der Waals surface area contributed by atoms with Crippen molar-refractivity contribution in [3.05, 3.63) is 0 Å². The Balaban J connectivity index is 2.29. The maximum absolute atomic E-state index is 11.8. The van der Waals surface area contributed by atoms with Crippen molar-refractivity contribution in [3.63, 3.8) is 0 Å². The van der Waals surface area contributed by atoms with Gasteiger partial charge in [-0.05, 0) is 12.8 Å². The molecule has 1 fully saturated rings. The first-order chi connectivity index (χ1) is 8.56. The molecule has 1 aliphatic carbocycles. The van der Waals surface area contributed by atoms with Crippen LogP contribution in [0.15, 0.2) is 0 Å². The number of carboxylic acid groups (broad SMARTS) is 1. The topological polar surface area (TPSA) is 114 Å². The lowest BCUT2D eigenvalue weighted by Crippen LogP contribution is -2.43. The highest BCUT2D eigenvalue weighted by Crippen LogP contribution is 2.26. The lowest BCUT2D eigenvalue weighted by Gasteiger charge is -2.21. The molecule has 3 N–H and O–H groups in total. The monoisotopic (exact) mass is 255 g/mol.